The van der Waals surface area contributed by atoms with Gasteiger partial charge >= 0.3 is 0 Å². The molecule has 0 aliphatic heterocycles. The van der Waals surface area contributed by atoms with Gasteiger partial charge in [0.25, 0.3) is 0 Å². The summed E-state index contributed by atoms with van der Waals surface area (Å²) in [6.45, 7) is 4.46. The van der Waals surface area contributed by atoms with Crippen LogP contribution in [-0.4, -0.2) is 25.5 Å². The fourth-order valence-electron chi connectivity index (χ4n) is 2.24. The van der Waals surface area contributed by atoms with E-state index in [1.807, 2.05) is 0 Å². The zero-order chi connectivity index (χ0) is 16.5. The molecule has 1 heterocycles. The molecule has 2 aromatic rings. The monoisotopic (exact) mass is 318 g/mol. The number of rotatable bonds is 9. The van der Waals surface area contributed by atoms with E-state index < -0.39 is 0 Å². The van der Waals surface area contributed by atoms with Crippen molar-refractivity contribution in [3.63, 3.8) is 0 Å². The van der Waals surface area contributed by atoms with Crippen LogP contribution < -0.4 is 10.6 Å². The number of furan rings is 1. The molecule has 0 aliphatic rings. The number of hydrogen-bond acceptors (Lipinski definition) is 3. The molecule has 0 atom stereocenters. The summed E-state index contributed by atoms with van der Waals surface area (Å²) in [5.41, 5.74) is 0.435. The third kappa shape index (κ3) is 5.53. The first-order chi connectivity index (χ1) is 11.2. The molecule has 0 bridgehead atoms. The molecule has 0 saturated carbocycles. The van der Waals surface area contributed by atoms with Gasteiger partial charge in [0.2, 0.25) is 5.91 Å². The highest BCUT2D eigenvalue weighted by molar-refractivity contribution is 5.76. The fourth-order valence-corrected chi connectivity index (χ4v) is 2.24. The number of halogens is 1. The number of aryl methyl sites for hydroxylation is 1. The van der Waals surface area contributed by atoms with Crippen molar-refractivity contribution in [2.75, 3.05) is 19.6 Å². The topological polar surface area (TPSA) is 54.3 Å². The van der Waals surface area contributed by atoms with E-state index in [0.29, 0.717) is 36.5 Å². The molecule has 1 aromatic carbocycles. The Bertz CT molecular complexity index is 625. The first kappa shape index (κ1) is 17.2. The maximum atomic E-state index is 13.7. The molecule has 0 radical (unpaired) electrons. The van der Waals surface area contributed by atoms with Crippen molar-refractivity contribution in [1.29, 1.82) is 0 Å². The first-order valence-electron chi connectivity index (χ1n) is 8.01. The molecule has 1 aromatic heterocycles. The summed E-state index contributed by atoms with van der Waals surface area (Å²) >= 11 is 0. The van der Waals surface area contributed by atoms with Gasteiger partial charge in [0.1, 0.15) is 17.3 Å². The van der Waals surface area contributed by atoms with Gasteiger partial charge < -0.3 is 15.1 Å². The molecular weight excluding hydrogens is 295 g/mol. The Labute approximate surface area is 136 Å². The molecule has 5 heteroatoms. The zero-order valence-corrected chi connectivity index (χ0v) is 13.4. The second-order valence-electron chi connectivity index (χ2n) is 5.35. The Hall–Kier alpha value is -2.14. The molecule has 0 fully saturated rings. The van der Waals surface area contributed by atoms with Crippen molar-refractivity contribution < 1.29 is 13.6 Å². The van der Waals surface area contributed by atoms with Crippen molar-refractivity contribution in [2.24, 2.45) is 0 Å². The summed E-state index contributed by atoms with van der Waals surface area (Å²) in [6, 6.07) is 10.0. The van der Waals surface area contributed by atoms with Crippen molar-refractivity contribution in [2.45, 2.75) is 26.2 Å². The highest BCUT2D eigenvalue weighted by atomic mass is 19.1. The summed E-state index contributed by atoms with van der Waals surface area (Å²) in [6.07, 6.45) is 1.94. The predicted molar refractivity (Wildman–Crippen MR) is 88.6 cm³/mol. The number of benzene rings is 1. The highest BCUT2D eigenvalue weighted by Crippen LogP contribution is 2.25. The van der Waals surface area contributed by atoms with Crippen molar-refractivity contribution in [3.05, 3.63) is 48.0 Å². The van der Waals surface area contributed by atoms with E-state index in [1.54, 1.807) is 30.3 Å². The Morgan fingerprint density at radius 1 is 1.13 bits per heavy atom. The largest absolute Gasteiger partial charge is 0.461 e. The number of carbonyl (C=O) groups excluding carboxylic acids is 1. The third-order valence-corrected chi connectivity index (χ3v) is 3.45. The van der Waals surface area contributed by atoms with Gasteiger partial charge in [-0.15, -0.1) is 0 Å². The van der Waals surface area contributed by atoms with Crippen LogP contribution in [0.3, 0.4) is 0 Å². The van der Waals surface area contributed by atoms with E-state index in [0.717, 1.165) is 19.5 Å². The Kier molecular flexibility index (Phi) is 6.81. The number of amides is 1. The van der Waals surface area contributed by atoms with E-state index in [-0.39, 0.29) is 11.7 Å². The van der Waals surface area contributed by atoms with Gasteiger partial charge in [0.15, 0.2) is 0 Å². The minimum absolute atomic E-state index is 0.00728. The van der Waals surface area contributed by atoms with Gasteiger partial charge in [-0.05, 0) is 37.2 Å². The minimum atomic E-state index is -0.314. The molecular formula is C18H23FN2O2. The lowest BCUT2D eigenvalue weighted by molar-refractivity contribution is -0.121. The quantitative estimate of drug-likeness (QED) is 0.698. The molecule has 1 amide bonds. The smallest absolute Gasteiger partial charge is 0.220 e. The maximum absolute atomic E-state index is 13.7. The van der Waals surface area contributed by atoms with Crippen LogP contribution in [0.2, 0.25) is 0 Å². The second kappa shape index (κ2) is 9.10. The van der Waals surface area contributed by atoms with Crippen LogP contribution >= 0.6 is 0 Å². The number of hydrogen-bond donors (Lipinski definition) is 2. The maximum Gasteiger partial charge on any atom is 0.220 e. The summed E-state index contributed by atoms with van der Waals surface area (Å²) in [5, 5.41) is 6.08. The summed E-state index contributed by atoms with van der Waals surface area (Å²) in [4.78, 5) is 11.7. The average Bonchev–Trinajstić information content (AvgIpc) is 3.02. The van der Waals surface area contributed by atoms with Gasteiger partial charge in [0, 0.05) is 25.9 Å². The molecule has 2 rings (SSSR count). The lowest BCUT2D eigenvalue weighted by atomic mass is 10.1. The van der Waals surface area contributed by atoms with Gasteiger partial charge in [-0.25, -0.2) is 4.39 Å². The molecule has 0 aliphatic carbocycles. The lowest BCUT2D eigenvalue weighted by Gasteiger charge is -2.05. The first-order valence-corrected chi connectivity index (χ1v) is 8.01. The summed E-state index contributed by atoms with van der Waals surface area (Å²) < 4.78 is 19.3. The molecule has 2 N–H and O–H groups in total. The molecule has 4 nitrogen and oxygen atoms in total. The van der Waals surface area contributed by atoms with Crippen LogP contribution in [0.25, 0.3) is 11.3 Å². The predicted octanol–water partition coefficient (Wildman–Crippen LogP) is 3.13. The summed E-state index contributed by atoms with van der Waals surface area (Å²) in [7, 11) is 0. The minimum Gasteiger partial charge on any atom is -0.461 e. The number of carbonyl (C=O) groups is 1. The van der Waals surface area contributed by atoms with Crippen LogP contribution in [0.4, 0.5) is 4.39 Å². The molecule has 0 unspecified atom stereocenters. The van der Waals surface area contributed by atoms with Crippen LogP contribution in [0, 0.1) is 5.82 Å². The average molecular weight is 318 g/mol. The third-order valence-electron chi connectivity index (χ3n) is 3.45. The van der Waals surface area contributed by atoms with Crippen LogP contribution in [0.5, 0.6) is 0 Å². The second-order valence-corrected chi connectivity index (χ2v) is 5.35. The van der Waals surface area contributed by atoms with E-state index in [9.17, 15) is 9.18 Å². The van der Waals surface area contributed by atoms with Gasteiger partial charge in [-0.2, -0.15) is 0 Å². The molecule has 124 valence electrons. The summed E-state index contributed by atoms with van der Waals surface area (Å²) in [5.74, 6) is 0.850. The van der Waals surface area contributed by atoms with Gasteiger partial charge in [0.05, 0.1) is 5.56 Å². The standard InChI is InChI=1S/C18H23FN2O2/c1-2-11-20-12-13-21-18(22)10-8-14-7-9-17(23-14)15-5-3-4-6-16(15)19/h3-7,9,20H,2,8,10-13H2,1H3,(H,21,22). The fraction of sp³-hybridized carbons (Fsp3) is 0.389. The lowest BCUT2D eigenvalue weighted by Crippen LogP contribution is -2.32. The highest BCUT2D eigenvalue weighted by Gasteiger charge is 2.10. The molecule has 23 heavy (non-hydrogen) atoms. The Morgan fingerprint density at radius 3 is 2.74 bits per heavy atom. The van der Waals surface area contributed by atoms with Gasteiger partial charge in [-0.3, -0.25) is 4.79 Å². The van der Waals surface area contributed by atoms with Crippen LogP contribution in [0.15, 0.2) is 40.8 Å². The SMILES string of the molecule is CCCNCCNC(=O)CCc1ccc(-c2ccccc2F)o1. The van der Waals surface area contributed by atoms with Crippen molar-refractivity contribution in [1.82, 2.24) is 10.6 Å². The van der Waals surface area contributed by atoms with Crippen LogP contribution in [0.1, 0.15) is 25.5 Å². The normalized spacial score (nSPS) is 10.7. The van der Waals surface area contributed by atoms with Crippen LogP contribution in [-0.2, 0) is 11.2 Å². The Morgan fingerprint density at radius 2 is 1.96 bits per heavy atom. The van der Waals surface area contributed by atoms with E-state index in [2.05, 4.69) is 17.6 Å². The van der Waals surface area contributed by atoms with E-state index >= 15 is 0 Å². The van der Waals surface area contributed by atoms with E-state index in [1.165, 1.54) is 6.07 Å². The zero-order valence-electron chi connectivity index (χ0n) is 13.4. The van der Waals surface area contributed by atoms with Gasteiger partial charge in [-0.1, -0.05) is 19.1 Å². The van der Waals surface area contributed by atoms with Crippen molar-refractivity contribution in [3.8, 4) is 11.3 Å². The Balaban J connectivity index is 1.77. The molecule has 0 saturated heterocycles. The van der Waals surface area contributed by atoms with Crippen molar-refractivity contribution >= 4 is 5.91 Å². The van der Waals surface area contributed by atoms with E-state index in [4.69, 9.17) is 4.42 Å². The number of nitrogens with one attached hydrogen (secondary N) is 2. The molecule has 0 spiro atoms.